The lowest BCUT2D eigenvalue weighted by molar-refractivity contribution is -0.143. The van der Waals surface area contributed by atoms with Gasteiger partial charge in [0.25, 0.3) is 5.91 Å². The second-order valence-electron chi connectivity index (χ2n) is 7.87. The van der Waals surface area contributed by atoms with E-state index < -0.39 is 11.7 Å². The molecule has 0 unspecified atom stereocenters. The number of ketones is 2. The van der Waals surface area contributed by atoms with Gasteiger partial charge in [-0.15, -0.1) is 0 Å². The van der Waals surface area contributed by atoms with E-state index in [0.29, 0.717) is 35.7 Å². The first-order valence-corrected chi connectivity index (χ1v) is 10.5. The van der Waals surface area contributed by atoms with Crippen molar-refractivity contribution in [2.45, 2.75) is 33.7 Å². The number of rotatable bonds is 7. The van der Waals surface area contributed by atoms with Gasteiger partial charge in [0.05, 0.1) is 11.3 Å². The molecule has 1 aliphatic heterocycles. The van der Waals surface area contributed by atoms with Gasteiger partial charge in [-0.05, 0) is 50.5 Å². The summed E-state index contributed by atoms with van der Waals surface area (Å²) in [6.45, 7) is 5.44. The minimum Gasteiger partial charge on any atom is -0.473 e. The first kappa shape index (κ1) is 23.6. The third kappa shape index (κ3) is 5.43. The normalized spacial score (nSPS) is 14.3. The van der Waals surface area contributed by atoms with Gasteiger partial charge in [0.2, 0.25) is 11.7 Å². The number of ether oxygens (including phenoxy) is 1. The highest BCUT2D eigenvalue weighted by Crippen LogP contribution is 2.23. The van der Waals surface area contributed by atoms with Gasteiger partial charge >= 0.3 is 0 Å². The van der Waals surface area contributed by atoms with E-state index in [2.05, 4.69) is 9.97 Å². The molecule has 172 valence electrons. The maximum atomic E-state index is 12.4. The number of nitrogens with zero attached hydrogens (tertiary/aromatic N) is 3. The number of carbonyl (C=O) groups is 3. The minimum atomic E-state index is -0.612. The number of hydrogen-bond acceptors (Lipinski definition) is 8. The van der Waals surface area contributed by atoms with E-state index in [9.17, 15) is 14.4 Å². The SMILES string of the molecule is CC(=O)/C(COc1cc2c(cn1)CN(C(=O)C(=O)/C(C)=C\N)CC2)=C(\N)c1ccc(C)nc1. The van der Waals surface area contributed by atoms with Crippen LogP contribution in [0.3, 0.4) is 0 Å². The van der Waals surface area contributed by atoms with Crippen LogP contribution < -0.4 is 16.2 Å². The lowest BCUT2D eigenvalue weighted by Gasteiger charge is -2.28. The Labute approximate surface area is 192 Å². The van der Waals surface area contributed by atoms with E-state index >= 15 is 0 Å². The van der Waals surface area contributed by atoms with Crippen molar-refractivity contribution in [3.63, 3.8) is 0 Å². The Kier molecular flexibility index (Phi) is 7.22. The second-order valence-corrected chi connectivity index (χ2v) is 7.87. The van der Waals surface area contributed by atoms with Crippen molar-refractivity contribution in [1.29, 1.82) is 0 Å². The molecule has 0 saturated carbocycles. The van der Waals surface area contributed by atoms with E-state index in [1.807, 2.05) is 13.0 Å². The number of aryl methyl sites for hydroxylation is 1. The first-order valence-electron chi connectivity index (χ1n) is 10.5. The van der Waals surface area contributed by atoms with Gasteiger partial charge in [0.15, 0.2) is 5.78 Å². The Morgan fingerprint density at radius 2 is 1.91 bits per heavy atom. The molecule has 0 aromatic carbocycles. The number of fused-ring (bicyclic) bond motifs is 1. The van der Waals surface area contributed by atoms with Crippen molar-refractivity contribution >= 4 is 23.2 Å². The highest BCUT2D eigenvalue weighted by Gasteiger charge is 2.27. The topological polar surface area (TPSA) is 142 Å². The zero-order valence-electron chi connectivity index (χ0n) is 18.9. The summed E-state index contributed by atoms with van der Waals surface area (Å²) < 4.78 is 5.77. The monoisotopic (exact) mass is 449 g/mol. The average molecular weight is 450 g/mol. The fourth-order valence-corrected chi connectivity index (χ4v) is 3.38. The van der Waals surface area contributed by atoms with Crippen LogP contribution >= 0.6 is 0 Å². The highest BCUT2D eigenvalue weighted by atomic mass is 16.5. The fraction of sp³-hybridized carbons (Fsp3) is 0.292. The van der Waals surface area contributed by atoms with E-state index in [4.69, 9.17) is 16.2 Å². The van der Waals surface area contributed by atoms with Crippen LogP contribution in [0.15, 0.2) is 47.9 Å². The van der Waals surface area contributed by atoms with Gasteiger partial charge in [-0.1, -0.05) is 0 Å². The third-order valence-corrected chi connectivity index (χ3v) is 5.50. The van der Waals surface area contributed by atoms with Crippen LogP contribution in [0.5, 0.6) is 5.88 Å². The smallest absolute Gasteiger partial charge is 0.294 e. The zero-order valence-corrected chi connectivity index (χ0v) is 18.9. The summed E-state index contributed by atoms with van der Waals surface area (Å²) in [5, 5.41) is 0. The Bertz CT molecular complexity index is 1150. The molecule has 2 aromatic rings. The van der Waals surface area contributed by atoms with Crippen LogP contribution in [-0.2, 0) is 27.3 Å². The van der Waals surface area contributed by atoms with Gasteiger partial charge in [-0.3, -0.25) is 19.4 Å². The van der Waals surface area contributed by atoms with Crippen molar-refractivity contribution in [1.82, 2.24) is 14.9 Å². The Morgan fingerprint density at radius 3 is 2.55 bits per heavy atom. The summed E-state index contributed by atoms with van der Waals surface area (Å²) in [5.74, 6) is -1.05. The van der Waals surface area contributed by atoms with Crippen molar-refractivity contribution in [2.24, 2.45) is 11.5 Å². The zero-order chi connectivity index (χ0) is 24.1. The van der Waals surface area contributed by atoms with E-state index in [1.165, 1.54) is 18.7 Å². The predicted molar refractivity (Wildman–Crippen MR) is 123 cm³/mol. The molecule has 1 amide bonds. The molecule has 0 bridgehead atoms. The van der Waals surface area contributed by atoms with Gasteiger partial charge in [-0.2, -0.15) is 0 Å². The third-order valence-electron chi connectivity index (χ3n) is 5.50. The molecule has 33 heavy (non-hydrogen) atoms. The number of Topliss-reactive ketones (excluding diaryl/α,β-unsaturated/α-hetero) is 2. The largest absolute Gasteiger partial charge is 0.473 e. The van der Waals surface area contributed by atoms with E-state index in [-0.39, 0.29) is 24.5 Å². The molecule has 2 aromatic heterocycles. The lowest BCUT2D eigenvalue weighted by Crippen LogP contribution is -2.40. The maximum absolute atomic E-state index is 12.4. The van der Waals surface area contributed by atoms with Gasteiger partial charge < -0.3 is 21.1 Å². The van der Waals surface area contributed by atoms with Crippen LogP contribution in [0.2, 0.25) is 0 Å². The molecule has 9 heteroatoms. The molecule has 0 fully saturated rings. The summed E-state index contributed by atoms with van der Waals surface area (Å²) in [4.78, 5) is 46.7. The van der Waals surface area contributed by atoms with Crippen molar-refractivity contribution in [3.05, 3.63) is 70.3 Å². The molecule has 0 spiro atoms. The molecule has 0 aliphatic carbocycles. The van der Waals surface area contributed by atoms with Gasteiger partial charge in [0.1, 0.15) is 6.61 Å². The quantitative estimate of drug-likeness (QED) is 0.478. The molecule has 1 aliphatic rings. The summed E-state index contributed by atoms with van der Waals surface area (Å²) in [5.41, 5.74) is 15.7. The molecule has 3 rings (SSSR count). The summed E-state index contributed by atoms with van der Waals surface area (Å²) >= 11 is 0. The molecular formula is C24H27N5O4. The number of carbonyl (C=O) groups excluding carboxylic acids is 3. The van der Waals surface area contributed by atoms with Crippen molar-refractivity contribution in [2.75, 3.05) is 13.2 Å². The summed E-state index contributed by atoms with van der Waals surface area (Å²) in [7, 11) is 0. The van der Waals surface area contributed by atoms with Crippen LogP contribution in [0, 0.1) is 6.92 Å². The summed E-state index contributed by atoms with van der Waals surface area (Å²) in [6.07, 6.45) is 4.91. The number of nitrogens with two attached hydrogens (primary N) is 2. The minimum absolute atomic E-state index is 0.0371. The number of hydrogen-bond donors (Lipinski definition) is 2. The van der Waals surface area contributed by atoms with E-state index in [0.717, 1.165) is 23.0 Å². The molecule has 9 nitrogen and oxygen atoms in total. The molecule has 3 heterocycles. The van der Waals surface area contributed by atoms with Crippen LogP contribution in [0.4, 0.5) is 0 Å². The van der Waals surface area contributed by atoms with Crippen molar-refractivity contribution in [3.8, 4) is 5.88 Å². The predicted octanol–water partition coefficient (Wildman–Crippen LogP) is 1.44. The lowest BCUT2D eigenvalue weighted by atomic mass is 10.0. The average Bonchev–Trinajstić information content (AvgIpc) is 2.82. The Morgan fingerprint density at radius 1 is 1.15 bits per heavy atom. The van der Waals surface area contributed by atoms with Gasteiger partial charge in [0, 0.05) is 54.6 Å². The second kappa shape index (κ2) is 10.1. The fourth-order valence-electron chi connectivity index (χ4n) is 3.38. The Hall–Kier alpha value is -4.01. The Balaban J connectivity index is 1.72. The van der Waals surface area contributed by atoms with E-state index in [1.54, 1.807) is 24.5 Å². The molecule has 0 atom stereocenters. The van der Waals surface area contributed by atoms with Gasteiger partial charge in [-0.25, -0.2) is 4.98 Å². The number of aromatic nitrogens is 2. The highest BCUT2D eigenvalue weighted by molar-refractivity contribution is 6.42. The molecule has 4 N–H and O–H groups in total. The standard InChI is InChI=1S/C24H27N5O4/c1-14(9-25)23(31)24(32)29-7-6-17-8-21(28-11-19(17)12-29)33-13-20(16(3)30)22(26)18-5-4-15(2)27-10-18/h4-5,8-11H,6-7,12-13,25-26H2,1-3H3/b14-9-,22-20-. The van der Waals surface area contributed by atoms with Crippen LogP contribution in [-0.4, -0.2) is 45.5 Å². The number of amides is 1. The molecule has 0 radical (unpaired) electrons. The summed E-state index contributed by atoms with van der Waals surface area (Å²) in [6, 6.07) is 5.41. The van der Waals surface area contributed by atoms with Crippen LogP contribution in [0.1, 0.15) is 36.2 Å². The first-order chi connectivity index (χ1) is 15.7. The van der Waals surface area contributed by atoms with Crippen molar-refractivity contribution < 1.29 is 19.1 Å². The van der Waals surface area contributed by atoms with Crippen LogP contribution in [0.25, 0.3) is 5.70 Å². The maximum Gasteiger partial charge on any atom is 0.294 e. The number of pyridine rings is 2. The molecular weight excluding hydrogens is 422 g/mol. The molecule has 0 saturated heterocycles.